The summed E-state index contributed by atoms with van der Waals surface area (Å²) in [7, 11) is 2.62. The van der Waals surface area contributed by atoms with E-state index in [1.54, 1.807) is 6.07 Å². The standard InChI is InChI=1S/C11H12ClFO3/c1-15-10(14)5-8-3-7(6-12)4-9(13)11(8)16-2/h3-4H,5-6H2,1-2H3. The fraction of sp³-hybridized carbons (Fsp3) is 0.364. The fourth-order valence-electron chi connectivity index (χ4n) is 1.38. The van der Waals surface area contributed by atoms with E-state index in [0.29, 0.717) is 11.1 Å². The van der Waals surface area contributed by atoms with Gasteiger partial charge < -0.3 is 9.47 Å². The maximum Gasteiger partial charge on any atom is 0.310 e. The van der Waals surface area contributed by atoms with Crippen molar-refractivity contribution in [2.75, 3.05) is 14.2 Å². The highest BCUT2D eigenvalue weighted by Gasteiger charge is 2.14. The third-order valence-corrected chi connectivity index (χ3v) is 2.41. The van der Waals surface area contributed by atoms with Crippen LogP contribution in [0, 0.1) is 5.82 Å². The summed E-state index contributed by atoms with van der Waals surface area (Å²) < 4.78 is 22.9. The summed E-state index contributed by atoms with van der Waals surface area (Å²) in [6.07, 6.45) is -0.0404. The summed E-state index contributed by atoms with van der Waals surface area (Å²) in [4.78, 5) is 11.1. The van der Waals surface area contributed by atoms with Crippen LogP contribution in [0.3, 0.4) is 0 Å². The second-order valence-corrected chi connectivity index (χ2v) is 3.42. The van der Waals surface area contributed by atoms with Gasteiger partial charge in [-0.3, -0.25) is 4.79 Å². The Bertz CT molecular complexity index is 393. The molecule has 5 heteroatoms. The lowest BCUT2D eigenvalue weighted by molar-refractivity contribution is -0.139. The Morgan fingerprint density at radius 2 is 2.12 bits per heavy atom. The Balaban J connectivity index is 3.12. The fourth-order valence-corrected chi connectivity index (χ4v) is 1.53. The molecule has 16 heavy (non-hydrogen) atoms. The zero-order valence-electron chi connectivity index (χ0n) is 9.05. The summed E-state index contributed by atoms with van der Waals surface area (Å²) in [6.45, 7) is 0. The molecule has 0 spiro atoms. The molecule has 0 N–H and O–H groups in total. The molecule has 0 saturated heterocycles. The van der Waals surface area contributed by atoms with Gasteiger partial charge in [0.2, 0.25) is 0 Å². The second kappa shape index (κ2) is 5.70. The van der Waals surface area contributed by atoms with Crippen LogP contribution < -0.4 is 4.74 Å². The van der Waals surface area contributed by atoms with Crippen LogP contribution in [0.1, 0.15) is 11.1 Å². The molecule has 0 fully saturated rings. The van der Waals surface area contributed by atoms with E-state index in [0.717, 1.165) is 0 Å². The van der Waals surface area contributed by atoms with Crippen molar-refractivity contribution in [3.8, 4) is 5.75 Å². The molecule has 0 aliphatic rings. The first-order valence-electron chi connectivity index (χ1n) is 4.60. The SMILES string of the molecule is COC(=O)Cc1cc(CCl)cc(F)c1OC. The molecule has 0 saturated carbocycles. The number of rotatable bonds is 4. The highest BCUT2D eigenvalue weighted by atomic mass is 35.5. The molecule has 1 aromatic carbocycles. The molecule has 0 atom stereocenters. The molecule has 0 unspecified atom stereocenters. The molecular formula is C11H12ClFO3. The second-order valence-electron chi connectivity index (χ2n) is 3.16. The van der Waals surface area contributed by atoms with E-state index in [1.807, 2.05) is 0 Å². The molecule has 0 heterocycles. The number of carbonyl (C=O) groups is 1. The number of esters is 1. The lowest BCUT2D eigenvalue weighted by Crippen LogP contribution is -2.07. The Morgan fingerprint density at radius 3 is 2.62 bits per heavy atom. The van der Waals surface area contributed by atoms with Gasteiger partial charge in [-0.15, -0.1) is 11.6 Å². The van der Waals surface area contributed by atoms with Crippen LogP contribution in [0.25, 0.3) is 0 Å². The smallest absolute Gasteiger partial charge is 0.310 e. The highest BCUT2D eigenvalue weighted by Crippen LogP contribution is 2.25. The number of hydrogen-bond donors (Lipinski definition) is 0. The van der Waals surface area contributed by atoms with Gasteiger partial charge in [0.1, 0.15) is 0 Å². The number of alkyl halides is 1. The van der Waals surface area contributed by atoms with Crippen molar-refractivity contribution < 1.29 is 18.7 Å². The van der Waals surface area contributed by atoms with Gasteiger partial charge in [0.25, 0.3) is 0 Å². The van der Waals surface area contributed by atoms with Crippen molar-refractivity contribution in [2.24, 2.45) is 0 Å². The zero-order chi connectivity index (χ0) is 12.1. The topological polar surface area (TPSA) is 35.5 Å². The molecule has 3 nitrogen and oxygen atoms in total. The maximum atomic E-state index is 13.5. The summed E-state index contributed by atoms with van der Waals surface area (Å²) in [5.41, 5.74) is 1.03. The van der Waals surface area contributed by atoms with Crippen molar-refractivity contribution in [2.45, 2.75) is 12.3 Å². The minimum atomic E-state index is -0.528. The maximum absolute atomic E-state index is 13.5. The van der Waals surface area contributed by atoms with Gasteiger partial charge in [-0.1, -0.05) is 6.07 Å². The number of carbonyl (C=O) groups excluding carboxylic acids is 1. The Kier molecular flexibility index (Phi) is 4.55. The monoisotopic (exact) mass is 246 g/mol. The van der Waals surface area contributed by atoms with Crippen molar-refractivity contribution in [1.29, 1.82) is 0 Å². The van der Waals surface area contributed by atoms with E-state index < -0.39 is 11.8 Å². The van der Waals surface area contributed by atoms with Crippen LogP contribution in [0.4, 0.5) is 4.39 Å². The largest absolute Gasteiger partial charge is 0.493 e. The summed E-state index contributed by atoms with van der Waals surface area (Å²) >= 11 is 5.61. The first-order chi connectivity index (χ1) is 7.62. The van der Waals surface area contributed by atoms with Gasteiger partial charge in [0.15, 0.2) is 11.6 Å². The third-order valence-electron chi connectivity index (χ3n) is 2.10. The summed E-state index contributed by atoms with van der Waals surface area (Å²) in [5, 5.41) is 0. The van der Waals surface area contributed by atoms with Gasteiger partial charge in [0, 0.05) is 11.4 Å². The third kappa shape index (κ3) is 2.85. The van der Waals surface area contributed by atoms with Crippen molar-refractivity contribution in [3.05, 3.63) is 29.1 Å². The number of benzene rings is 1. The predicted molar refractivity (Wildman–Crippen MR) is 58.2 cm³/mol. The number of methoxy groups -OCH3 is 2. The Labute approximate surface area is 98.1 Å². The van der Waals surface area contributed by atoms with E-state index in [2.05, 4.69) is 4.74 Å². The average molecular weight is 247 g/mol. The minimum Gasteiger partial charge on any atom is -0.493 e. The molecule has 0 aromatic heterocycles. The van der Waals surface area contributed by atoms with E-state index in [-0.39, 0.29) is 18.1 Å². The normalized spacial score (nSPS) is 10.0. The predicted octanol–water partition coefficient (Wildman–Crippen LogP) is 2.29. The number of hydrogen-bond acceptors (Lipinski definition) is 3. The van der Waals surface area contributed by atoms with Crippen LogP contribution in [0.5, 0.6) is 5.75 Å². The van der Waals surface area contributed by atoms with Gasteiger partial charge >= 0.3 is 5.97 Å². The van der Waals surface area contributed by atoms with E-state index >= 15 is 0 Å². The van der Waals surface area contributed by atoms with Crippen LogP contribution >= 0.6 is 11.6 Å². The molecule has 88 valence electrons. The lowest BCUT2D eigenvalue weighted by Gasteiger charge is -2.10. The first-order valence-corrected chi connectivity index (χ1v) is 5.13. The zero-order valence-corrected chi connectivity index (χ0v) is 9.81. The Hall–Kier alpha value is -1.29. The van der Waals surface area contributed by atoms with Crippen molar-refractivity contribution >= 4 is 17.6 Å². The van der Waals surface area contributed by atoms with Crippen LogP contribution in [-0.4, -0.2) is 20.2 Å². The molecule has 1 rings (SSSR count). The molecule has 0 amide bonds. The molecule has 1 aromatic rings. The van der Waals surface area contributed by atoms with Gasteiger partial charge in [-0.2, -0.15) is 0 Å². The first kappa shape index (κ1) is 12.8. The lowest BCUT2D eigenvalue weighted by atomic mass is 10.1. The molecule has 0 radical (unpaired) electrons. The van der Waals surface area contributed by atoms with Crippen LogP contribution in [0.2, 0.25) is 0 Å². The highest BCUT2D eigenvalue weighted by molar-refractivity contribution is 6.17. The number of halogens is 2. The van der Waals surface area contributed by atoms with E-state index in [9.17, 15) is 9.18 Å². The Morgan fingerprint density at radius 1 is 1.44 bits per heavy atom. The number of ether oxygens (including phenoxy) is 2. The minimum absolute atomic E-state index is 0.0404. The van der Waals surface area contributed by atoms with Gasteiger partial charge in [0.05, 0.1) is 20.6 Å². The summed E-state index contributed by atoms with van der Waals surface area (Å²) in [5.74, 6) is -0.752. The quantitative estimate of drug-likeness (QED) is 0.604. The molecule has 0 aliphatic heterocycles. The molecule has 0 aliphatic carbocycles. The van der Waals surface area contributed by atoms with Gasteiger partial charge in [-0.05, 0) is 11.6 Å². The average Bonchev–Trinajstić information content (AvgIpc) is 2.28. The van der Waals surface area contributed by atoms with E-state index in [1.165, 1.54) is 20.3 Å². The van der Waals surface area contributed by atoms with Crippen molar-refractivity contribution in [1.82, 2.24) is 0 Å². The summed E-state index contributed by atoms with van der Waals surface area (Å²) in [6, 6.07) is 2.92. The van der Waals surface area contributed by atoms with Crippen molar-refractivity contribution in [3.63, 3.8) is 0 Å². The molecular weight excluding hydrogens is 235 g/mol. The van der Waals surface area contributed by atoms with Crippen LogP contribution in [-0.2, 0) is 21.8 Å². The van der Waals surface area contributed by atoms with Gasteiger partial charge in [-0.25, -0.2) is 4.39 Å². The van der Waals surface area contributed by atoms with Crippen LogP contribution in [0.15, 0.2) is 12.1 Å². The molecule has 0 bridgehead atoms. The van der Waals surface area contributed by atoms with E-state index in [4.69, 9.17) is 16.3 Å².